The van der Waals surface area contributed by atoms with Crippen LogP contribution >= 0.6 is 12.4 Å². The third-order valence-corrected chi connectivity index (χ3v) is 5.70. The highest BCUT2D eigenvalue weighted by Gasteiger charge is 2.38. The van der Waals surface area contributed by atoms with E-state index in [1.807, 2.05) is 26.0 Å². The van der Waals surface area contributed by atoms with Gasteiger partial charge in [-0.25, -0.2) is 4.39 Å². The molecular weight excluding hydrogens is 405 g/mol. The third-order valence-electron chi connectivity index (χ3n) is 5.70. The van der Waals surface area contributed by atoms with E-state index in [0.717, 1.165) is 31.2 Å². The molecule has 0 aromatic heterocycles. The van der Waals surface area contributed by atoms with Crippen molar-refractivity contribution in [2.24, 2.45) is 11.7 Å². The molecule has 0 aliphatic heterocycles. The van der Waals surface area contributed by atoms with Gasteiger partial charge in [-0.15, -0.1) is 12.4 Å². The number of carbonyl (C=O) groups excluding carboxylic acids is 2. The van der Waals surface area contributed by atoms with Crippen LogP contribution in [-0.4, -0.2) is 17.4 Å². The monoisotopic (exact) mass is 433 g/mol. The Morgan fingerprint density at radius 1 is 1.10 bits per heavy atom. The van der Waals surface area contributed by atoms with Gasteiger partial charge in [0.05, 0.1) is 12.0 Å². The summed E-state index contributed by atoms with van der Waals surface area (Å²) in [6, 6.07) is 12.5. The fourth-order valence-corrected chi connectivity index (χ4v) is 3.85. The van der Waals surface area contributed by atoms with Crippen LogP contribution in [0.5, 0.6) is 0 Å². The van der Waals surface area contributed by atoms with E-state index in [4.69, 9.17) is 5.73 Å². The first-order chi connectivity index (χ1) is 13.8. The van der Waals surface area contributed by atoms with Gasteiger partial charge in [-0.2, -0.15) is 0 Å². The van der Waals surface area contributed by atoms with Crippen molar-refractivity contribution in [3.05, 3.63) is 65.5 Å². The van der Waals surface area contributed by atoms with Crippen molar-refractivity contribution in [1.29, 1.82) is 0 Å². The molecule has 3 unspecified atom stereocenters. The van der Waals surface area contributed by atoms with Crippen LogP contribution in [0.25, 0.3) is 0 Å². The van der Waals surface area contributed by atoms with Gasteiger partial charge in [0.1, 0.15) is 5.82 Å². The number of halogens is 2. The Morgan fingerprint density at radius 3 is 2.33 bits per heavy atom. The SMILES string of the molecule is CC(NC(=O)C1CCCCC1(C)N)c1ccc(NC(=O)c2ccc(F)cc2)cc1.Cl. The molecule has 0 bridgehead atoms. The number of amides is 2. The van der Waals surface area contributed by atoms with Gasteiger partial charge in [0, 0.05) is 16.8 Å². The predicted molar refractivity (Wildman–Crippen MR) is 119 cm³/mol. The Bertz CT molecular complexity index is 869. The fourth-order valence-electron chi connectivity index (χ4n) is 3.85. The lowest BCUT2D eigenvalue weighted by molar-refractivity contribution is -0.128. The van der Waals surface area contributed by atoms with Gasteiger partial charge in [0.2, 0.25) is 5.91 Å². The lowest BCUT2D eigenvalue weighted by Crippen LogP contribution is -2.53. The molecule has 1 aliphatic carbocycles. The van der Waals surface area contributed by atoms with Gasteiger partial charge in [0.25, 0.3) is 5.91 Å². The van der Waals surface area contributed by atoms with E-state index in [1.165, 1.54) is 24.3 Å². The van der Waals surface area contributed by atoms with Crippen LogP contribution in [-0.2, 0) is 4.79 Å². The third kappa shape index (κ3) is 5.80. The van der Waals surface area contributed by atoms with Crippen molar-refractivity contribution >= 4 is 29.9 Å². The molecule has 0 saturated heterocycles. The molecule has 1 aliphatic rings. The van der Waals surface area contributed by atoms with Gasteiger partial charge in [-0.3, -0.25) is 9.59 Å². The molecule has 30 heavy (non-hydrogen) atoms. The topological polar surface area (TPSA) is 84.2 Å². The van der Waals surface area contributed by atoms with E-state index in [0.29, 0.717) is 11.3 Å². The molecule has 2 aromatic rings. The molecule has 0 spiro atoms. The molecule has 2 aromatic carbocycles. The van der Waals surface area contributed by atoms with Crippen molar-refractivity contribution in [3.63, 3.8) is 0 Å². The van der Waals surface area contributed by atoms with Gasteiger partial charge in [-0.05, 0) is 68.7 Å². The van der Waals surface area contributed by atoms with Gasteiger partial charge < -0.3 is 16.4 Å². The summed E-state index contributed by atoms with van der Waals surface area (Å²) in [5, 5.41) is 5.85. The zero-order chi connectivity index (χ0) is 21.0. The Labute approximate surface area is 183 Å². The highest BCUT2D eigenvalue weighted by Crippen LogP contribution is 2.32. The standard InChI is InChI=1S/C23H28FN3O2.ClH/c1-15(26-22(29)20-5-3-4-14-23(20,2)25)16-8-12-19(13-9-16)27-21(28)17-6-10-18(24)11-7-17;/h6-13,15,20H,3-5,14,25H2,1-2H3,(H,26,29)(H,27,28);1H. The Hall–Kier alpha value is -2.44. The highest BCUT2D eigenvalue weighted by molar-refractivity contribution is 6.04. The molecule has 5 nitrogen and oxygen atoms in total. The van der Waals surface area contributed by atoms with E-state index in [-0.39, 0.29) is 42.0 Å². The molecule has 0 heterocycles. The number of rotatable bonds is 5. The summed E-state index contributed by atoms with van der Waals surface area (Å²) in [4.78, 5) is 24.9. The molecule has 2 amide bonds. The second-order valence-corrected chi connectivity index (χ2v) is 8.12. The number of carbonyl (C=O) groups is 2. The summed E-state index contributed by atoms with van der Waals surface area (Å²) in [6.45, 7) is 3.89. The summed E-state index contributed by atoms with van der Waals surface area (Å²) in [7, 11) is 0. The average Bonchev–Trinajstić information content (AvgIpc) is 2.68. The molecule has 162 valence electrons. The molecular formula is C23H29ClFN3O2. The summed E-state index contributed by atoms with van der Waals surface area (Å²) in [5.74, 6) is -0.868. The molecule has 3 rings (SSSR count). The minimum absolute atomic E-state index is 0. The lowest BCUT2D eigenvalue weighted by Gasteiger charge is -2.37. The first kappa shape index (κ1) is 23.8. The van der Waals surface area contributed by atoms with Crippen molar-refractivity contribution in [2.45, 2.75) is 51.1 Å². The molecule has 1 saturated carbocycles. The number of nitrogens with two attached hydrogens (primary N) is 1. The largest absolute Gasteiger partial charge is 0.349 e. The number of hydrogen-bond donors (Lipinski definition) is 3. The van der Waals surface area contributed by atoms with Crippen molar-refractivity contribution < 1.29 is 14.0 Å². The minimum Gasteiger partial charge on any atom is -0.349 e. The van der Waals surface area contributed by atoms with E-state index >= 15 is 0 Å². The number of benzene rings is 2. The summed E-state index contributed by atoms with van der Waals surface area (Å²) >= 11 is 0. The van der Waals surface area contributed by atoms with Crippen molar-refractivity contribution in [2.75, 3.05) is 5.32 Å². The average molecular weight is 434 g/mol. The lowest BCUT2D eigenvalue weighted by atomic mass is 9.74. The van der Waals surface area contributed by atoms with Crippen LogP contribution in [0, 0.1) is 11.7 Å². The molecule has 3 atom stereocenters. The van der Waals surface area contributed by atoms with Gasteiger partial charge >= 0.3 is 0 Å². The number of anilines is 1. The van der Waals surface area contributed by atoms with Crippen LogP contribution in [0.2, 0.25) is 0 Å². The van der Waals surface area contributed by atoms with Crippen molar-refractivity contribution in [1.82, 2.24) is 5.32 Å². The maximum Gasteiger partial charge on any atom is 0.255 e. The second kappa shape index (κ2) is 10.0. The number of nitrogens with one attached hydrogen (secondary N) is 2. The fraction of sp³-hybridized carbons (Fsp3) is 0.391. The van der Waals surface area contributed by atoms with Crippen LogP contribution in [0.3, 0.4) is 0 Å². The first-order valence-corrected chi connectivity index (χ1v) is 10.0. The highest BCUT2D eigenvalue weighted by atomic mass is 35.5. The molecule has 1 fully saturated rings. The summed E-state index contributed by atoms with van der Waals surface area (Å²) < 4.78 is 13.0. The van der Waals surface area contributed by atoms with E-state index in [9.17, 15) is 14.0 Å². The maximum absolute atomic E-state index is 13.0. The zero-order valence-electron chi connectivity index (χ0n) is 17.3. The van der Waals surface area contributed by atoms with Crippen LogP contribution in [0.4, 0.5) is 10.1 Å². The zero-order valence-corrected chi connectivity index (χ0v) is 18.1. The summed E-state index contributed by atoms with van der Waals surface area (Å²) in [6.07, 6.45) is 3.78. The smallest absolute Gasteiger partial charge is 0.255 e. The van der Waals surface area contributed by atoms with E-state index in [1.54, 1.807) is 12.1 Å². The van der Waals surface area contributed by atoms with Crippen LogP contribution < -0.4 is 16.4 Å². The second-order valence-electron chi connectivity index (χ2n) is 8.12. The normalized spacial score (nSPS) is 21.8. The Kier molecular flexibility index (Phi) is 7.98. The van der Waals surface area contributed by atoms with Crippen LogP contribution in [0.15, 0.2) is 48.5 Å². The van der Waals surface area contributed by atoms with Gasteiger partial charge in [0.15, 0.2) is 0 Å². The Morgan fingerprint density at radius 2 is 1.73 bits per heavy atom. The minimum atomic E-state index is -0.462. The van der Waals surface area contributed by atoms with Crippen molar-refractivity contribution in [3.8, 4) is 0 Å². The molecule has 4 N–H and O–H groups in total. The van der Waals surface area contributed by atoms with E-state index < -0.39 is 5.54 Å². The summed E-state index contributed by atoms with van der Waals surface area (Å²) in [5.41, 5.74) is 7.82. The molecule has 7 heteroatoms. The van der Waals surface area contributed by atoms with Crippen LogP contribution in [0.1, 0.15) is 61.5 Å². The van der Waals surface area contributed by atoms with Gasteiger partial charge in [-0.1, -0.05) is 25.0 Å². The predicted octanol–water partition coefficient (Wildman–Crippen LogP) is 4.58. The first-order valence-electron chi connectivity index (χ1n) is 10.0. The molecule has 0 radical (unpaired) electrons. The number of hydrogen-bond acceptors (Lipinski definition) is 3. The maximum atomic E-state index is 13.0. The Balaban J connectivity index is 0.00000320. The van der Waals surface area contributed by atoms with E-state index in [2.05, 4.69) is 10.6 Å². The quantitative estimate of drug-likeness (QED) is 0.645.